The van der Waals surface area contributed by atoms with E-state index in [0.29, 0.717) is 13.1 Å². The van der Waals surface area contributed by atoms with Gasteiger partial charge in [-0.15, -0.1) is 0 Å². The Bertz CT molecular complexity index is 188. The smallest absolute Gasteiger partial charge is 0.0768 e. The highest BCUT2D eigenvalue weighted by Gasteiger charge is 2.35. The van der Waals surface area contributed by atoms with Gasteiger partial charge in [-0.05, 0) is 26.2 Å². The summed E-state index contributed by atoms with van der Waals surface area (Å²) in [5.74, 6) is 0. The molecule has 84 valence electrons. The van der Waals surface area contributed by atoms with Crippen molar-refractivity contribution in [2.75, 3.05) is 19.6 Å². The number of nitrogens with zero attached hydrogens (tertiary/aromatic N) is 1. The Balaban J connectivity index is 2.46. The van der Waals surface area contributed by atoms with Crippen LogP contribution in [-0.2, 0) is 0 Å². The Morgan fingerprint density at radius 2 is 1.93 bits per heavy atom. The van der Waals surface area contributed by atoms with Crippen molar-refractivity contribution in [1.82, 2.24) is 4.90 Å². The van der Waals surface area contributed by atoms with Crippen molar-refractivity contribution in [3.63, 3.8) is 0 Å². The fourth-order valence-corrected chi connectivity index (χ4v) is 2.06. The van der Waals surface area contributed by atoms with Crippen LogP contribution in [-0.4, -0.2) is 45.9 Å². The maximum atomic E-state index is 10.1. The van der Waals surface area contributed by atoms with Crippen LogP contribution in [0, 0.1) is 0 Å². The summed E-state index contributed by atoms with van der Waals surface area (Å²) in [4.78, 5) is 2.16. The van der Waals surface area contributed by atoms with E-state index in [1.807, 2.05) is 20.8 Å². The maximum Gasteiger partial charge on any atom is 0.0768 e. The molecule has 1 fully saturated rings. The van der Waals surface area contributed by atoms with Crippen molar-refractivity contribution in [2.24, 2.45) is 0 Å². The molecule has 0 aromatic carbocycles. The number of β-amino-alcohol motifs (C(OH)–C–C–N with tert-alkyl or cyclic N) is 2. The molecule has 0 spiro atoms. The van der Waals surface area contributed by atoms with Gasteiger partial charge in [0.2, 0.25) is 0 Å². The molecule has 0 radical (unpaired) electrons. The molecule has 1 heterocycles. The summed E-state index contributed by atoms with van der Waals surface area (Å²) in [6.07, 6.45) is 2.38. The van der Waals surface area contributed by atoms with E-state index in [1.54, 1.807) is 0 Å². The second-order valence-corrected chi connectivity index (χ2v) is 4.89. The molecule has 0 amide bonds. The summed E-state index contributed by atoms with van der Waals surface area (Å²) >= 11 is 0. The van der Waals surface area contributed by atoms with Gasteiger partial charge >= 0.3 is 0 Å². The molecule has 1 saturated heterocycles. The molecule has 14 heavy (non-hydrogen) atoms. The number of likely N-dealkylation sites (tertiary alicyclic amines) is 1. The summed E-state index contributed by atoms with van der Waals surface area (Å²) in [7, 11) is 0. The molecule has 1 atom stereocenters. The highest BCUT2D eigenvalue weighted by molar-refractivity contribution is 4.90. The number of hydrogen-bond donors (Lipinski definition) is 2. The summed E-state index contributed by atoms with van der Waals surface area (Å²) in [5, 5.41) is 19.9. The van der Waals surface area contributed by atoms with Crippen molar-refractivity contribution < 1.29 is 10.2 Å². The molecule has 0 aromatic rings. The Labute approximate surface area is 86.7 Å². The lowest BCUT2D eigenvalue weighted by Crippen LogP contribution is -2.42. The lowest BCUT2D eigenvalue weighted by Gasteiger charge is -2.31. The van der Waals surface area contributed by atoms with Crippen LogP contribution in [0.15, 0.2) is 0 Å². The number of rotatable bonds is 4. The summed E-state index contributed by atoms with van der Waals surface area (Å²) in [5.41, 5.74) is -1.12. The zero-order valence-electron chi connectivity index (χ0n) is 9.58. The van der Waals surface area contributed by atoms with E-state index in [4.69, 9.17) is 0 Å². The zero-order valence-corrected chi connectivity index (χ0v) is 9.58. The van der Waals surface area contributed by atoms with Gasteiger partial charge in [0.15, 0.2) is 0 Å². The minimum Gasteiger partial charge on any atom is -0.389 e. The second-order valence-electron chi connectivity index (χ2n) is 4.89. The first kappa shape index (κ1) is 12.0. The van der Waals surface area contributed by atoms with Gasteiger partial charge in [-0.3, -0.25) is 4.90 Å². The highest BCUT2D eigenvalue weighted by Crippen LogP contribution is 2.24. The fourth-order valence-electron chi connectivity index (χ4n) is 2.06. The average Bonchev–Trinajstić information content (AvgIpc) is 2.45. The van der Waals surface area contributed by atoms with Crippen molar-refractivity contribution in [2.45, 2.75) is 51.2 Å². The Morgan fingerprint density at radius 1 is 1.36 bits per heavy atom. The average molecular weight is 201 g/mol. The van der Waals surface area contributed by atoms with Gasteiger partial charge in [0, 0.05) is 19.6 Å². The molecule has 3 heteroatoms. The Kier molecular flexibility index (Phi) is 3.56. The van der Waals surface area contributed by atoms with Crippen molar-refractivity contribution in [3.05, 3.63) is 0 Å². The minimum atomic E-state index is -0.569. The summed E-state index contributed by atoms with van der Waals surface area (Å²) in [6.45, 7) is 8.17. The number of aliphatic hydroxyl groups is 2. The van der Waals surface area contributed by atoms with Crippen molar-refractivity contribution >= 4 is 0 Å². The van der Waals surface area contributed by atoms with E-state index in [0.717, 1.165) is 25.8 Å². The van der Waals surface area contributed by atoms with E-state index in [9.17, 15) is 10.2 Å². The van der Waals surface area contributed by atoms with Crippen LogP contribution in [0.2, 0.25) is 0 Å². The normalized spacial score (nSPS) is 29.8. The summed E-state index contributed by atoms with van der Waals surface area (Å²) in [6, 6.07) is 0. The molecule has 1 rings (SSSR count). The van der Waals surface area contributed by atoms with E-state index in [-0.39, 0.29) is 0 Å². The maximum absolute atomic E-state index is 10.1. The third-order valence-corrected chi connectivity index (χ3v) is 3.36. The minimum absolute atomic E-state index is 0.553. The van der Waals surface area contributed by atoms with E-state index in [2.05, 4.69) is 4.90 Å². The quantitative estimate of drug-likeness (QED) is 0.713. The monoisotopic (exact) mass is 201 g/mol. The number of hydrogen-bond acceptors (Lipinski definition) is 3. The summed E-state index contributed by atoms with van der Waals surface area (Å²) < 4.78 is 0. The third-order valence-electron chi connectivity index (χ3n) is 3.36. The lowest BCUT2D eigenvalue weighted by molar-refractivity contribution is -0.00620. The van der Waals surface area contributed by atoms with Gasteiger partial charge in [0.25, 0.3) is 0 Å². The van der Waals surface area contributed by atoms with Gasteiger partial charge < -0.3 is 10.2 Å². The van der Waals surface area contributed by atoms with E-state index < -0.39 is 11.2 Å². The molecule has 2 N–H and O–H groups in total. The van der Waals surface area contributed by atoms with Crippen LogP contribution in [0.25, 0.3) is 0 Å². The predicted molar refractivity (Wildman–Crippen MR) is 57.2 cm³/mol. The Hall–Kier alpha value is -0.120. The molecule has 0 saturated carbocycles. The van der Waals surface area contributed by atoms with Gasteiger partial charge in [0.05, 0.1) is 11.2 Å². The largest absolute Gasteiger partial charge is 0.389 e. The molecule has 1 unspecified atom stereocenters. The van der Waals surface area contributed by atoms with Crippen LogP contribution in [0.1, 0.15) is 40.0 Å². The van der Waals surface area contributed by atoms with Crippen LogP contribution >= 0.6 is 0 Å². The second kappa shape index (κ2) is 4.17. The molecule has 1 aliphatic rings. The van der Waals surface area contributed by atoms with E-state index in [1.165, 1.54) is 0 Å². The molecule has 1 aliphatic heterocycles. The molecule has 0 aliphatic carbocycles. The zero-order chi connectivity index (χ0) is 10.8. The fraction of sp³-hybridized carbons (Fsp3) is 1.00. The molecule has 0 bridgehead atoms. The van der Waals surface area contributed by atoms with Gasteiger partial charge in [0.1, 0.15) is 0 Å². The van der Waals surface area contributed by atoms with Crippen LogP contribution in [0.3, 0.4) is 0 Å². The van der Waals surface area contributed by atoms with E-state index >= 15 is 0 Å². The predicted octanol–water partition coefficient (Wildman–Crippen LogP) is 0.994. The molecular weight excluding hydrogens is 178 g/mol. The van der Waals surface area contributed by atoms with Crippen molar-refractivity contribution in [1.29, 1.82) is 0 Å². The van der Waals surface area contributed by atoms with Crippen LogP contribution < -0.4 is 0 Å². The first-order valence-corrected chi connectivity index (χ1v) is 5.58. The standard InChI is InChI=1S/C11H23NO2/c1-4-11(14,5-2)9-12-7-6-10(3,13)8-12/h13-14H,4-9H2,1-3H3. The highest BCUT2D eigenvalue weighted by atomic mass is 16.3. The lowest BCUT2D eigenvalue weighted by atomic mass is 9.97. The van der Waals surface area contributed by atoms with Crippen LogP contribution in [0.5, 0.6) is 0 Å². The Morgan fingerprint density at radius 3 is 2.29 bits per heavy atom. The molecule has 0 aromatic heterocycles. The van der Waals surface area contributed by atoms with Gasteiger partial charge in [-0.25, -0.2) is 0 Å². The molecular formula is C11H23NO2. The van der Waals surface area contributed by atoms with Crippen LogP contribution in [0.4, 0.5) is 0 Å². The molecule has 3 nitrogen and oxygen atoms in total. The SMILES string of the molecule is CCC(O)(CC)CN1CCC(C)(O)C1. The van der Waals surface area contributed by atoms with Crippen molar-refractivity contribution in [3.8, 4) is 0 Å². The first-order valence-electron chi connectivity index (χ1n) is 5.58. The third kappa shape index (κ3) is 2.94. The van der Waals surface area contributed by atoms with Gasteiger partial charge in [-0.1, -0.05) is 13.8 Å². The van der Waals surface area contributed by atoms with Gasteiger partial charge in [-0.2, -0.15) is 0 Å². The first-order chi connectivity index (χ1) is 6.41. The topological polar surface area (TPSA) is 43.7 Å².